The first-order chi connectivity index (χ1) is 22.9. The lowest BCUT2D eigenvalue weighted by molar-refractivity contribution is -0.124. The number of rotatable bonds is 10. The van der Waals surface area contributed by atoms with Gasteiger partial charge in [0.05, 0.1) is 44.2 Å². The Morgan fingerprint density at radius 1 is 0.809 bits per heavy atom. The number of hydrogen-bond donors (Lipinski definition) is 0. The van der Waals surface area contributed by atoms with Gasteiger partial charge in [0.2, 0.25) is 5.91 Å². The van der Waals surface area contributed by atoms with Gasteiger partial charge in [-0.15, -0.1) is 0 Å². The molecule has 2 fully saturated rings. The standard InChI is InChI=1S/C38H37BrN2O6/c1-40-31-18-17-29(39)19-30(31)36(42)41-25-38(20-32(41)37(40)43)35(46-23-28-15-9-4-10-16-28)34(45-22-27-13-7-3-8-14-27)33(47-38)24-44-21-26-11-5-2-6-12-26/h2-19,32-35H,20-25H2,1H3/t32-,33-,34-,35+,38+/m0/s1. The highest BCUT2D eigenvalue weighted by Gasteiger charge is 2.64. The molecule has 9 heteroatoms. The number of carbonyl (C=O) groups excluding carboxylic acids is 2. The second kappa shape index (κ2) is 13.7. The number of benzene rings is 4. The van der Waals surface area contributed by atoms with Gasteiger partial charge < -0.3 is 28.7 Å². The Balaban J connectivity index is 1.22. The molecular formula is C38H37BrN2O6. The van der Waals surface area contributed by atoms with Crippen LogP contribution in [0.15, 0.2) is 114 Å². The van der Waals surface area contributed by atoms with Crippen molar-refractivity contribution in [3.05, 3.63) is 136 Å². The zero-order valence-electron chi connectivity index (χ0n) is 26.2. The molecule has 3 heterocycles. The monoisotopic (exact) mass is 696 g/mol. The van der Waals surface area contributed by atoms with E-state index in [4.69, 9.17) is 18.9 Å². The van der Waals surface area contributed by atoms with E-state index in [-0.39, 0.29) is 31.4 Å². The van der Waals surface area contributed by atoms with E-state index < -0.39 is 30.0 Å². The average Bonchev–Trinajstić information content (AvgIpc) is 3.61. The van der Waals surface area contributed by atoms with Crippen LogP contribution in [-0.4, -0.2) is 66.9 Å². The van der Waals surface area contributed by atoms with Crippen molar-refractivity contribution >= 4 is 33.4 Å². The second-order valence-corrected chi connectivity index (χ2v) is 13.3. The Kier molecular flexibility index (Phi) is 9.25. The Hall–Kier alpha value is -3.86. The number of hydrogen-bond acceptors (Lipinski definition) is 6. The Labute approximate surface area is 283 Å². The molecule has 4 aromatic carbocycles. The van der Waals surface area contributed by atoms with Crippen molar-refractivity contribution in [3.63, 3.8) is 0 Å². The van der Waals surface area contributed by atoms with Crippen LogP contribution in [-0.2, 0) is 43.6 Å². The highest BCUT2D eigenvalue weighted by molar-refractivity contribution is 9.10. The molecule has 0 unspecified atom stereocenters. The zero-order valence-corrected chi connectivity index (χ0v) is 27.8. The molecule has 2 saturated heterocycles. The summed E-state index contributed by atoms with van der Waals surface area (Å²) in [7, 11) is 1.72. The number of carbonyl (C=O) groups is 2. The van der Waals surface area contributed by atoms with Crippen molar-refractivity contribution in [2.45, 2.75) is 56.2 Å². The molecule has 0 saturated carbocycles. The van der Waals surface area contributed by atoms with Crippen LogP contribution in [0.3, 0.4) is 0 Å². The fourth-order valence-corrected chi connectivity index (χ4v) is 7.35. The number of amides is 2. The minimum Gasteiger partial charge on any atom is -0.374 e. The summed E-state index contributed by atoms with van der Waals surface area (Å²) in [5.74, 6) is -0.371. The van der Waals surface area contributed by atoms with Gasteiger partial charge in [-0.25, -0.2) is 0 Å². The van der Waals surface area contributed by atoms with Crippen LogP contribution in [0.5, 0.6) is 0 Å². The fraction of sp³-hybridized carbons (Fsp3) is 0.316. The quantitative estimate of drug-likeness (QED) is 0.198. The summed E-state index contributed by atoms with van der Waals surface area (Å²) in [4.78, 5) is 31.4. The van der Waals surface area contributed by atoms with E-state index in [0.717, 1.165) is 21.2 Å². The van der Waals surface area contributed by atoms with Crippen LogP contribution in [0, 0.1) is 0 Å². The predicted molar refractivity (Wildman–Crippen MR) is 181 cm³/mol. The molecule has 3 aliphatic rings. The number of nitrogens with zero attached hydrogens (tertiary/aromatic N) is 2. The van der Waals surface area contributed by atoms with Gasteiger partial charge >= 0.3 is 0 Å². The van der Waals surface area contributed by atoms with Crippen molar-refractivity contribution in [2.24, 2.45) is 0 Å². The molecule has 0 aromatic heterocycles. The van der Waals surface area contributed by atoms with E-state index in [0.29, 0.717) is 31.1 Å². The van der Waals surface area contributed by atoms with Crippen molar-refractivity contribution < 1.29 is 28.5 Å². The maximum Gasteiger partial charge on any atom is 0.256 e. The molecule has 0 radical (unpaired) electrons. The summed E-state index contributed by atoms with van der Waals surface area (Å²) in [6.45, 7) is 1.52. The van der Waals surface area contributed by atoms with Crippen LogP contribution in [0.2, 0.25) is 0 Å². The largest absolute Gasteiger partial charge is 0.374 e. The average molecular weight is 698 g/mol. The Bertz CT molecular complexity index is 1710. The topological polar surface area (TPSA) is 77.5 Å². The van der Waals surface area contributed by atoms with E-state index in [1.807, 2.05) is 97.1 Å². The van der Waals surface area contributed by atoms with Crippen LogP contribution < -0.4 is 4.90 Å². The maximum atomic E-state index is 14.2. The second-order valence-electron chi connectivity index (χ2n) is 12.4. The molecule has 3 aliphatic heterocycles. The van der Waals surface area contributed by atoms with Gasteiger partial charge in [-0.05, 0) is 34.9 Å². The lowest BCUT2D eigenvalue weighted by Crippen LogP contribution is -2.48. The van der Waals surface area contributed by atoms with E-state index in [1.165, 1.54) is 0 Å². The number of halogens is 1. The number of ether oxygens (including phenoxy) is 4. The van der Waals surface area contributed by atoms with Crippen molar-refractivity contribution in [2.75, 3.05) is 25.1 Å². The molecule has 5 atom stereocenters. The first kappa shape index (κ1) is 31.7. The molecule has 1 spiro atoms. The highest BCUT2D eigenvalue weighted by atomic mass is 79.9. The number of likely N-dealkylation sites (N-methyl/N-ethyl adjacent to an activating group) is 1. The third-order valence-electron chi connectivity index (χ3n) is 9.30. The van der Waals surface area contributed by atoms with Crippen LogP contribution in [0.4, 0.5) is 5.69 Å². The van der Waals surface area contributed by atoms with Gasteiger partial charge in [0.25, 0.3) is 5.91 Å². The molecule has 8 nitrogen and oxygen atoms in total. The molecule has 242 valence electrons. The van der Waals surface area contributed by atoms with Crippen LogP contribution in [0.1, 0.15) is 33.5 Å². The minimum absolute atomic E-state index is 0.160. The van der Waals surface area contributed by atoms with Crippen LogP contribution >= 0.6 is 15.9 Å². The van der Waals surface area contributed by atoms with E-state index in [1.54, 1.807) is 29.0 Å². The van der Waals surface area contributed by atoms with Gasteiger partial charge in [-0.1, -0.05) is 107 Å². The molecule has 4 aromatic rings. The summed E-state index contributed by atoms with van der Waals surface area (Å²) < 4.78 is 27.4. The van der Waals surface area contributed by atoms with Crippen molar-refractivity contribution in [1.82, 2.24) is 4.90 Å². The minimum atomic E-state index is -1.00. The predicted octanol–water partition coefficient (Wildman–Crippen LogP) is 6.17. The Morgan fingerprint density at radius 2 is 1.40 bits per heavy atom. The summed E-state index contributed by atoms with van der Waals surface area (Å²) in [6, 6.07) is 34.6. The molecule has 0 N–H and O–H groups in total. The van der Waals surface area contributed by atoms with Crippen LogP contribution in [0.25, 0.3) is 0 Å². The van der Waals surface area contributed by atoms with Gasteiger partial charge in [0, 0.05) is 17.9 Å². The lowest BCUT2D eigenvalue weighted by atomic mass is 9.90. The van der Waals surface area contributed by atoms with Crippen molar-refractivity contribution in [3.8, 4) is 0 Å². The summed E-state index contributed by atoms with van der Waals surface area (Å²) in [6.07, 6.45) is -1.34. The fourth-order valence-electron chi connectivity index (χ4n) is 6.99. The third kappa shape index (κ3) is 6.51. The normalized spacial score (nSPS) is 25.2. The van der Waals surface area contributed by atoms with E-state index in [2.05, 4.69) is 15.9 Å². The number of anilines is 1. The van der Waals surface area contributed by atoms with Gasteiger partial charge in [0.15, 0.2) is 0 Å². The lowest BCUT2D eigenvalue weighted by Gasteiger charge is -2.32. The zero-order chi connectivity index (χ0) is 32.4. The van der Waals surface area contributed by atoms with E-state index in [9.17, 15) is 9.59 Å². The smallest absolute Gasteiger partial charge is 0.256 e. The molecular weight excluding hydrogens is 660 g/mol. The molecule has 7 rings (SSSR count). The van der Waals surface area contributed by atoms with Gasteiger partial charge in [-0.2, -0.15) is 0 Å². The maximum absolute atomic E-state index is 14.2. The van der Waals surface area contributed by atoms with E-state index >= 15 is 0 Å². The SMILES string of the molecule is CN1C(=O)[C@@H]2C[C@]3(CN2C(=O)c2cc(Br)ccc21)O[C@@H](COCc1ccccc1)[C@H](OCc1ccccc1)[C@H]3OCc1ccccc1. The first-order valence-corrected chi connectivity index (χ1v) is 16.7. The summed E-state index contributed by atoms with van der Waals surface area (Å²) in [5.41, 5.74) is 3.13. The van der Waals surface area contributed by atoms with Crippen molar-refractivity contribution in [1.29, 1.82) is 0 Å². The molecule has 0 aliphatic carbocycles. The van der Waals surface area contributed by atoms with Gasteiger partial charge in [-0.3, -0.25) is 9.59 Å². The Morgan fingerprint density at radius 3 is 2.04 bits per heavy atom. The summed E-state index contributed by atoms with van der Waals surface area (Å²) >= 11 is 3.51. The van der Waals surface area contributed by atoms with Gasteiger partial charge in [0.1, 0.15) is 30.0 Å². The third-order valence-corrected chi connectivity index (χ3v) is 9.79. The molecule has 0 bridgehead atoms. The molecule has 2 amide bonds. The molecule has 47 heavy (non-hydrogen) atoms. The summed E-state index contributed by atoms with van der Waals surface area (Å²) in [5, 5.41) is 0. The number of fused-ring (bicyclic) bond motifs is 2. The highest BCUT2D eigenvalue weighted by Crippen LogP contribution is 2.47. The first-order valence-electron chi connectivity index (χ1n) is 15.9.